The maximum atomic E-state index is 12.1. The summed E-state index contributed by atoms with van der Waals surface area (Å²) in [4.78, 5) is 12.1. The molecule has 0 heterocycles. The summed E-state index contributed by atoms with van der Waals surface area (Å²) in [5.41, 5.74) is 13.2. The van der Waals surface area contributed by atoms with Crippen molar-refractivity contribution in [3.8, 4) is 0 Å². The van der Waals surface area contributed by atoms with Gasteiger partial charge in [-0.2, -0.15) is 0 Å². The van der Waals surface area contributed by atoms with Crippen molar-refractivity contribution in [2.45, 2.75) is 0 Å². The number of benzene rings is 2. The highest BCUT2D eigenvalue weighted by atomic mass is 79.9. The van der Waals surface area contributed by atoms with E-state index in [1.807, 2.05) is 0 Å². The normalized spacial score (nSPS) is 10.2. The number of amides is 1. The largest absolute Gasteiger partial charge is 0.399 e. The topological polar surface area (TPSA) is 81.1 Å². The van der Waals surface area contributed by atoms with Crippen LogP contribution in [0.4, 0.5) is 17.1 Å². The van der Waals surface area contributed by atoms with Crippen LogP contribution < -0.4 is 16.8 Å². The van der Waals surface area contributed by atoms with E-state index in [1.54, 1.807) is 36.4 Å². The Morgan fingerprint density at radius 1 is 1.11 bits per heavy atom. The Hall–Kier alpha value is -1.72. The zero-order chi connectivity index (χ0) is 14.0. The summed E-state index contributed by atoms with van der Waals surface area (Å²) in [5, 5.41) is 3.27. The minimum Gasteiger partial charge on any atom is -0.399 e. The molecule has 19 heavy (non-hydrogen) atoms. The van der Waals surface area contributed by atoms with E-state index < -0.39 is 0 Å². The first-order valence-electron chi connectivity index (χ1n) is 5.38. The second-order valence-electron chi connectivity index (χ2n) is 3.97. The first-order chi connectivity index (χ1) is 8.95. The number of rotatable bonds is 2. The number of carbonyl (C=O) groups excluding carboxylic acids is 1. The first-order valence-corrected chi connectivity index (χ1v) is 6.55. The Balaban J connectivity index is 2.28. The van der Waals surface area contributed by atoms with Crippen molar-refractivity contribution in [3.05, 3.63) is 51.5 Å². The van der Waals surface area contributed by atoms with Crippen molar-refractivity contribution >= 4 is 50.5 Å². The van der Waals surface area contributed by atoms with Gasteiger partial charge in [0.1, 0.15) is 0 Å². The lowest BCUT2D eigenvalue weighted by Crippen LogP contribution is -2.13. The minimum absolute atomic E-state index is 0.304. The van der Waals surface area contributed by atoms with Gasteiger partial charge in [0.15, 0.2) is 0 Å². The van der Waals surface area contributed by atoms with Crippen molar-refractivity contribution in [1.29, 1.82) is 0 Å². The van der Waals surface area contributed by atoms with Crippen molar-refractivity contribution < 1.29 is 4.79 Å². The molecule has 2 rings (SSSR count). The Morgan fingerprint density at radius 2 is 1.74 bits per heavy atom. The lowest BCUT2D eigenvalue weighted by Gasteiger charge is -2.09. The molecule has 0 aromatic heterocycles. The van der Waals surface area contributed by atoms with E-state index in [4.69, 9.17) is 23.1 Å². The van der Waals surface area contributed by atoms with Crippen molar-refractivity contribution in [1.82, 2.24) is 0 Å². The van der Waals surface area contributed by atoms with Crippen LogP contribution in [0.3, 0.4) is 0 Å². The molecule has 0 aliphatic rings. The van der Waals surface area contributed by atoms with Gasteiger partial charge in [-0.3, -0.25) is 4.79 Å². The maximum absolute atomic E-state index is 12.1. The van der Waals surface area contributed by atoms with Gasteiger partial charge < -0.3 is 16.8 Å². The average molecular weight is 341 g/mol. The third kappa shape index (κ3) is 3.39. The van der Waals surface area contributed by atoms with E-state index in [0.717, 1.165) is 4.47 Å². The molecule has 5 N–H and O–H groups in total. The Bertz CT molecular complexity index is 626. The highest BCUT2D eigenvalue weighted by Gasteiger charge is 2.10. The molecular formula is C13H11BrClN3O. The molecule has 0 radical (unpaired) electrons. The second-order valence-corrected chi connectivity index (χ2v) is 5.26. The molecule has 1 amide bonds. The number of anilines is 3. The SMILES string of the molecule is Nc1cc(N)cc(C(=O)Nc2cc(Cl)ccc2Br)c1. The van der Waals surface area contributed by atoms with Crippen LogP contribution in [0.5, 0.6) is 0 Å². The van der Waals surface area contributed by atoms with E-state index in [9.17, 15) is 4.79 Å². The van der Waals surface area contributed by atoms with Crippen molar-refractivity contribution in [3.63, 3.8) is 0 Å². The molecule has 4 nitrogen and oxygen atoms in total. The molecule has 0 saturated heterocycles. The minimum atomic E-state index is -0.304. The Kier molecular flexibility index (Phi) is 3.97. The van der Waals surface area contributed by atoms with Crippen LogP contribution in [0.15, 0.2) is 40.9 Å². The van der Waals surface area contributed by atoms with E-state index in [0.29, 0.717) is 27.6 Å². The summed E-state index contributed by atoms with van der Waals surface area (Å²) in [7, 11) is 0. The van der Waals surface area contributed by atoms with Crippen LogP contribution in [0.2, 0.25) is 5.02 Å². The molecule has 0 fully saturated rings. The molecule has 0 atom stereocenters. The third-order valence-electron chi connectivity index (χ3n) is 2.42. The number of hydrogen-bond acceptors (Lipinski definition) is 3. The molecule has 2 aromatic carbocycles. The number of nitrogens with two attached hydrogens (primary N) is 2. The second kappa shape index (κ2) is 5.50. The van der Waals surface area contributed by atoms with Crippen LogP contribution in [0.25, 0.3) is 0 Å². The molecule has 0 aliphatic carbocycles. The fourth-order valence-electron chi connectivity index (χ4n) is 1.60. The van der Waals surface area contributed by atoms with Crippen LogP contribution in [-0.4, -0.2) is 5.91 Å². The Morgan fingerprint density at radius 3 is 2.37 bits per heavy atom. The lowest BCUT2D eigenvalue weighted by atomic mass is 10.1. The zero-order valence-electron chi connectivity index (χ0n) is 9.78. The van der Waals surface area contributed by atoms with Crippen LogP contribution in [0, 0.1) is 0 Å². The number of carbonyl (C=O) groups is 1. The van der Waals surface area contributed by atoms with Gasteiger partial charge in [0.05, 0.1) is 5.69 Å². The molecular weight excluding hydrogens is 330 g/mol. The van der Waals surface area contributed by atoms with Gasteiger partial charge in [0.25, 0.3) is 5.91 Å². The van der Waals surface area contributed by atoms with Crippen LogP contribution in [0.1, 0.15) is 10.4 Å². The van der Waals surface area contributed by atoms with Crippen LogP contribution in [-0.2, 0) is 0 Å². The van der Waals surface area contributed by atoms with E-state index >= 15 is 0 Å². The monoisotopic (exact) mass is 339 g/mol. The Labute approximate surface area is 123 Å². The van der Waals surface area contributed by atoms with E-state index in [-0.39, 0.29) is 5.91 Å². The highest BCUT2D eigenvalue weighted by Crippen LogP contribution is 2.26. The van der Waals surface area contributed by atoms with E-state index in [1.165, 1.54) is 0 Å². The average Bonchev–Trinajstić information content (AvgIpc) is 2.32. The summed E-state index contributed by atoms with van der Waals surface area (Å²) in [6, 6.07) is 9.84. The van der Waals surface area contributed by atoms with Gasteiger partial charge in [0.2, 0.25) is 0 Å². The van der Waals surface area contributed by atoms with Crippen LogP contribution >= 0.6 is 27.5 Å². The number of nitrogen functional groups attached to an aromatic ring is 2. The molecule has 6 heteroatoms. The standard InChI is InChI=1S/C13H11BrClN3O/c14-11-2-1-8(15)5-12(11)18-13(19)7-3-9(16)6-10(17)4-7/h1-6H,16-17H2,(H,18,19). The molecule has 0 spiro atoms. The maximum Gasteiger partial charge on any atom is 0.255 e. The molecule has 0 unspecified atom stereocenters. The summed E-state index contributed by atoms with van der Waals surface area (Å²) in [6.45, 7) is 0. The van der Waals surface area contributed by atoms with Gasteiger partial charge in [-0.05, 0) is 52.3 Å². The van der Waals surface area contributed by atoms with Gasteiger partial charge >= 0.3 is 0 Å². The molecule has 98 valence electrons. The third-order valence-corrected chi connectivity index (χ3v) is 3.34. The van der Waals surface area contributed by atoms with Gasteiger partial charge in [0, 0.05) is 26.4 Å². The first kappa shape index (κ1) is 13.7. The predicted octanol–water partition coefficient (Wildman–Crippen LogP) is 3.52. The quantitative estimate of drug-likeness (QED) is 0.732. The smallest absolute Gasteiger partial charge is 0.255 e. The van der Waals surface area contributed by atoms with Gasteiger partial charge in [-0.15, -0.1) is 0 Å². The highest BCUT2D eigenvalue weighted by molar-refractivity contribution is 9.10. The fourth-order valence-corrected chi connectivity index (χ4v) is 2.11. The summed E-state index contributed by atoms with van der Waals surface area (Å²) >= 11 is 9.22. The summed E-state index contributed by atoms with van der Waals surface area (Å²) in [6.07, 6.45) is 0. The molecule has 0 aliphatic heterocycles. The van der Waals surface area contributed by atoms with Gasteiger partial charge in [-0.1, -0.05) is 11.6 Å². The lowest BCUT2D eigenvalue weighted by molar-refractivity contribution is 0.102. The molecule has 0 saturated carbocycles. The summed E-state index contributed by atoms with van der Waals surface area (Å²) < 4.78 is 0.738. The van der Waals surface area contributed by atoms with Gasteiger partial charge in [-0.25, -0.2) is 0 Å². The number of halogens is 2. The molecule has 2 aromatic rings. The number of nitrogens with one attached hydrogen (secondary N) is 1. The summed E-state index contributed by atoms with van der Waals surface area (Å²) in [5.74, 6) is -0.304. The fraction of sp³-hybridized carbons (Fsp3) is 0. The molecule has 0 bridgehead atoms. The van der Waals surface area contributed by atoms with Crippen molar-refractivity contribution in [2.75, 3.05) is 16.8 Å². The zero-order valence-corrected chi connectivity index (χ0v) is 12.1. The predicted molar refractivity (Wildman–Crippen MR) is 82.4 cm³/mol. The van der Waals surface area contributed by atoms with Crippen molar-refractivity contribution in [2.24, 2.45) is 0 Å². The van der Waals surface area contributed by atoms with E-state index in [2.05, 4.69) is 21.2 Å². The number of hydrogen-bond donors (Lipinski definition) is 3.